The molecular formula is C16H18N2O2. The molecule has 0 aliphatic carbocycles. The lowest BCUT2D eigenvalue weighted by Gasteiger charge is -2.11. The van der Waals surface area contributed by atoms with Crippen molar-refractivity contribution in [2.45, 2.75) is 13.0 Å². The lowest BCUT2D eigenvalue weighted by Crippen LogP contribution is -2.28. The molecule has 0 fully saturated rings. The minimum Gasteiger partial charge on any atom is -0.396 e. The van der Waals surface area contributed by atoms with Crippen molar-refractivity contribution in [2.75, 3.05) is 11.9 Å². The Kier molecular flexibility index (Phi) is 5.15. The average Bonchev–Trinajstić information content (AvgIpc) is 2.49. The first-order valence-electron chi connectivity index (χ1n) is 6.57. The molecule has 2 aromatic rings. The first-order chi connectivity index (χ1) is 9.79. The first kappa shape index (κ1) is 14.1. The van der Waals surface area contributed by atoms with Crippen LogP contribution in [0.4, 0.5) is 10.5 Å². The summed E-state index contributed by atoms with van der Waals surface area (Å²) in [6.45, 7) is 0.541. The number of aliphatic hydroxyl groups is 1. The standard InChI is InChI=1S/C16H18N2O2/c19-11-10-14-8-4-5-9-15(14)18-16(20)17-12-13-6-2-1-3-7-13/h1-9,19H,10-12H2,(H2,17,18,20). The van der Waals surface area contributed by atoms with Gasteiger partial charge in [0, 0.05) is 18.8 Å². The van der Waals surface area contributed by atoms with E-state index in [9.17, 15) is 4.79 Å². The molecule has 2 rings (SSSR count). The molecule has 0 aliphatic heterocycles. The van der Waals surface area contributed by atoms with Gasteiger partial charge in [-0.05, 0) is 23.6 Å². The van der Waals surface area contributed by atoms with E-state index in [1.165, 1.54) is 0 Å². The van der Waals surface area contributed by atoms with E-state index in [1.54, 1.807) is 0 Å². The van der Waals surface area contributed by atoms with Crippen molar-refractivity contribution in [3.05, 3.63) is 65.7 Å². The third-order valence-corrected chi connectivity index (χ3v) is 2.94. The highest BCUT2D eigenvalue weighted by Gasteiger charge is 2.05. The van der Waals surface area contributed by atoms with Crippen LogP contribution < -0.4 is 10.6 Å². The normalized spacial score (nSPS) is 10.1. The zero-order valence-electron chi connectivity index (χ0n) is 11.2. The molecule has 20 heavy (non-hydrogen) atoms. The van der Waals surface area contributed by atoms with Crippen LogP contribution in [0.3, 0.4) is 0 Å². The second kappa shape index (κ2) is 7.31. The van der Waals surface area contributed by atoms with Crippen LogP contribution in [0.2, 0.25) is 0 Å². The summed E-state index contributed by atoms with van der Waals surface area (Å²) in [4.78, 5) is 11.9. The second-order valence-corrected chi connectivity index (χ2v) is 4.42. The van der Waals surface area contributed by atoms with Gasteiger partial charge in [0.2, 0.25) is 0 Å². The van der Waals surface area contributed by atoms with Crippen LogP contribution in [-0.2, 0) is 13.0 Å². The van der Waals surface area contributed by atoms with E-state index in [-0.39, 0.29) is 12.6 Å². The summed E-state index contributed by atoms with van der Waals surface area (Å²) < 4.78 is 0. The summed E-state index contributed by atoms with van der Waals surface area (Å²) in [6, 6.07) is 16.9. The predicted molar refractivity (Wildman–Crippen MR) is 79.5 cm³/mol. The summed E-state index contributed by atoms with van der Waals surface area (Å²) in [5.41, 5.74) is 2.70. The van der Waals surface area contributed by atoms with E-state index in [0.717, 1.165) is 16.8 Å². The highest BCUT2D eigenvalue weighted by molar-refractivity contribution is 5.90. The maximum Gasteiger partial charge on any atom is 0.319 e. The molecule has 0 aliphatic rings. The molecule has 4 heteroatoms. The minimum atomic E-state index is -0.251. The van der Waals surface area contributed by atoms with Gasteiger partial charge in [-0.3, -0.25) is 0 Å². The summed E-state index contributed by atoms with van der Waals surface area (Å²) in [5.74, 6) is 0. The number of hydrogen-bond acceptors (Lipinski definition) is 2. The van der Waals surface area contributed by atoms with Crippen molar-refractivity contribution in [3.63, 3.8) is 0 Å². The Morgan fingerprint density at radius 3 is 2.45 bits per heavy atom. The highest BCUT2D eigenvalue weighted by Crippen LogP contribution is 2.15. The van der Waals surface area contributed by atoms with E-state index < -0.39 is 0 Å². The molecule has 2 aromatic carbocycles. The predicted octanol–water partition coefficient (Wildman–Crippen LogP) is 2.54. The van der Waals surface area contributed by atoms with Gasteiger partial charge in [0.05, 0.1) is 0 Å². The van der Waals surface area contributed by atoms with Crippen LogP contribution in [-0.4, -0.2) is 17.7 Å². The van der Waals surface area contributed by atoms with Gasteiger partial charge in [0.25, 0.3) is 0 Å². The topological polar surface area (TPSA) is 61.4 Å². The van der Waals surface area contributed by atoms with Gasteiger partial charge in [-0.1, -0.05) is 48.5 Å². The molecule has 0 heterocycles. The Labute approximate surface area is 118 Å². The number of anilines is 1. The lowest BCUT2D eigenvalue weighted by molar-refractivity contribution is 0.251. The maximum atomic E-state index is 11.9. The Morgan fingerprint density at radius 1 is 1.00 bits per heavy atom. The third-order valence-electron chi connectivity index (χ3n) is 2.94. The molecule has 0 atom stereocenters. The van der Waals surface area contributed by atoms with Gasteiger partial charge in [-0.25, -0.2) is 4.79 Å². The molecule has 0 spiro atoms. The van der Waals surface area contributed by atoms with Crippen LogP contribution >= 0.6 is 0 Å². The fraction of sp³-hybridized carbons (Fsp3) is 0.188. The zero-order valence-corrected chi connectivity index (χ0v) is 11.2. The molecule has 104 valence electrons. The highest BCUT2D eigenvalue weighted by atomic mass is 16.3. The van der Waals surface area contributed by atoms with Gasteiger partial charge in [0.15, 0.2) is 0 Å². The molecule has 0 aromatic heterocycles. The second-order valence-electron chi connectivity index (χ2n) is 4.42. The van der Waals surface area contributed by atoms with Gasteiger partial charge in [-0.15, -0.1) is 0 Å². The van der Waals surface area contributed by atoms with Gasteiger partial charge < -0.3 is 15.7 Å². The number of aliphatic hydroxyl groups excluding tert-OH is 1. The Hall–Kier alpha value is -2.33. The molecule has 0 bridgehead atoms. The summed E-state index contributed by atoms with van der Waals surface area (Å²) in [7, 11) is 0. The summed E-state index contributed by atoms with van der Waals surface area (Å²) in [5, 5.41) is 14.6. The number of carbonyl (C=O) groups excluding carboxylic acids is 1. The number of hydrogen-bond donors (Lipinski definition) is 3. The number of amides is 2. The number of urea groups is 1. The van der Waals surface area contributed by atoms with E-state index in [4.69, 9.17) is 5.11 Å². The van der Waals surface area contributed by atoms with E-state index >= 15 is 0 Å². The largest absolute Gasteiger partial charge is 0.396 e. The van der Waals surface area contributed by atoms with Crippen molar-refractivity contribution in [3.8, 4) is 0 Å². The van der Waals surface area contributed by atoms with E-state index in [2.05, 4.69) is 10.6 Å². The Morgan fingerprint density at radius 2 is 1.70 bits per heavy atom. The molecule has 0 unspecified atom stereocenters. The summed E-state index contributed by atoms with van der Waals surface area (Å²) in [6.07, 6.45) is 0.523. The van der Waals surface area contributed by atoms with Gasteiger partial charge in [0.1, 0.15) is 0 Å². The number of para-hydroxylation sites is 1. The van der Waals surface area contributed by atoms with Gasteiger partial charge >= 0.3 is 6.03 Å². The number of rotatable bonds is 5. The molecule has 0 saturated carbocycles. The van der Waals surface area contributed by atoms with Crippen LogP contribution in [0.5, 0.6) is 0 Å². The van der Waals surface area contributed by atoms with Crippen molar-refractivity contribution < 1.29 is 9.90 Å². The smallest absolute Gasteiger partial charge is 0.319 e. The fourth-order valence-electron chi connectivity index (χ4n) is 1.93. The molecule has 2 amide bonds. The quantitative estimate of drug-likeness (QED) is 0.782. The minimum absolute atomic E-state index is 0.0598. The number of nitrogens with one attached hydrogen (secondary N) is 2. The molecule has 3 N–H and O–H groups in total. The monoisotopic (exact) mass is 270 g/mol. The molecule has 0 saturated heterocycles. The van der Waals surface area contributed by atoms with Crippen molar-refractivity contribution in [1.29, 1.82) is 0 Å². The van der Waals surface area contributed by atoms with Crippen LogP contribution in [0.1, 0.15) is 11.1 Å². The lowest BCUT2D eigenvalue weighted by atomic mass is 10.1. The third kappa shape index (κ3) is 4.10. The molecule has 4 nitrogen and oxygen atoms in total. The Bertz CT molecular complexity index is 555. The van der Waals surface area contributed by atoms with Crippen molar-refractivity contribution in [2.24, 2.45) is 0 Å². The van der Waals surface area contributed by atoms with E-state index in [0.29, 0.717) is 13.0 Å². The van der Waals surface area contributed by atoms with Crippen LogP contribution in [0, 0.1) is 0 Å². The van der Waals surface area contributed by atoms with Crippen LogP contribution in [0.25, 0.3) is 0 Å². The number of carbonyl (C=O) groups is 1. The molecular weight excluding hydrogens is 252 g/mol. The zero-order chi connectivity index (χ0) is 14.2. The maximum absolute atomic E-state index is 11.9. The molecule has 0 radical (unpaired) electrons. The van der Waals surface area contributed by atoms with Gasteiger partial charge in [-0.2, -0.15) is 0 Å². The fourth-order valence-corrected chi connectivity index (χ4v) is 1.93. The van der Waals surface area contributed by atoms with Crippen molar-refractivity contribution >= 4 is 11.7 Å². The average molecular weight is 270 g/mol. The van der Waals surface area contributed by atoms with E-state index in [1.807, 2.05) is 54.6 Å². The number of benzene rings is 2. The summed E-state index contributed by atoms with van der Waals surface area (Å²) >= 11 is 0. The van der Waals surface area contributed by atoms with Crippen molar-refractivity contribution in [1.82, 2.24) is 5.32 Å². The van der Waals surface area contributed by atoms with Crippen LogP contribution in [0.15, 0.2) is 54.6 Å². The first-order valence-corrected chi connectivity index (χ1v) is 6.57. The Balaban J connectivity index is 1.91. The SMILES string of the molecule is O=C(NCc1ccccc1)Nc1ccccc1CCO.